The molecule has 0 atom stereocenters. The number of ketones is 1. The van der Waals surface area contributed by atoms with Crippen LogP contribution in [0.15, 0.2) is 66.7 Å². The molecule has 2 aromatic carbocycles. The predicted octanol–water partition coefficient (Wildman–Crippen LogP) is 3.13. The molecule has 20 heavy (non-hydrogen) atoms. The van der Waals surface area contributed by atoms with E-state index < -0.39 is 11.8 Å². The van der Waals surface area contributed by atoms with Crippen LogP contribution in [0.2, 0.25) is 0 Å². The molecular formula is C17H14O3. The number of benzene rings is 2. The third-order valence-corrected chi connectivity index (χ3v) is 2.64. The molecule has 0 spiro atoms. The molecule has 0 aliphatic carbocycles. The number of carbonyl (C=O) groups excluding carboxylic acids is 2. The summed E-state index contributed by atoms with van der Waals surface area (Å²) in [5.41, 5.74) is 1.35. The summed E-state index contributed by atoms with van der Waals surface area (Å²) in [5, 5.41) is 0. The minimum Gasteiger partial charge on any atom is -0.455 e. The zero-order valence-electron chi connectivity index (χ0n) is 10.9. The zero-order valence-corrected chi connectivity index (χ0v) is 10.9. The SMILES string of the molecule is O=C(OC/C=C/c1ccccc1)C(=O)c1ccccc1. The van der Waals surface area contributed by atoms with Gasteiger partial charge in [-0.05, 0) is 11.6 Å². The quantitative estimate of drug-likeness (QED) is 0.474. The van der Waals surface area contributed by atoms with Crippen molar-refractivity contribution >= 4 is 17.8 Å². The fraction of sp³-hybridized carbons (Fsp3) is 0.0588. The van der Waals surface area contributed by atoms with Crippen molar-refractivity contribution in [2.45, 2.75) is 0 Å². The van der Waals surface area contributed by atoms with Gasteiger partial charge in [-0.1, -0.05) is 66.7 Å². The molecular weight excluding hydrogens is 252 g/mol. The smallest absolute Gasteiger partial charge is 0.379 e. The molecule has 0 aromatic heterocycles. The number of carbonyl (C=O) groups is 2. The fourth-order valence-corrected chi connectivity index (χ4v) is 1.65. The molecule has 0 radical (unpaired) electrons. The van der Waals surface area contributed by atoms with Gasteiger partial charge in [0.2, 0.25) is 0 Å². The Bertz CT molecular complexity index is 601. The lowest BCUT2D eigenvalue weighted by atomic mass is 10.1. The van der Waals surface area contributed by atoms with E-state index >= 15 is 0 Å². The Morgan fingerprint density at radius 3 is 2.15 bits per heavy atom. The summed E-state index contributed by atoms with van der Waals surface area (Å²) in [6, 6.07) is 18.0. The topological polar surface area (TPSA) is 43.4 Å². The summed E-state index contributed by atoms with van der Waals surface area (Å²) in [5.74, 6) is -1.47. The zero-order chi connectivity index (χ0) is 14.2. The molecule has 0 saturated carbocycles. The first-order valence-electron chi connectivity index (χ1n) is 6.25. The van der Waals surface area contributed by atoms with Gasteiger partial charge in [0.15, 0.2) is 0 Å². The standard InChI is InChI=1S/C17H14O3/c18-16(15-11-5-2-6-12-15)17(19)20-13-7-10-14-8-3-1-4-9-14/h1-12H,13H2/b10-7+. The number of ether oxygens (including phenoxy) is 1. The van der Waals surface area contributed by atoms with Crippen molar-refractivity contribution in [2.75, 3.05) is 6.61 Å². The number of esters is 1. The largest absolute Gasteiger partial charge is 0.455 e. The maximum Gasteiger partial charge on any atom is 0.379 e. The van der Waals surface area contributed by atoms with Gasteiger partial charge < -0.3 is 4.74 Å². The lowest BCUT2D eigenvalue weighted by Crippen LogP contribution is -2.17. The molecule has 0 bridgehead atoms. The first kappa shape index (κ1) is 13.7. The molecule has 100 valence electrons. The van der Waals surface area contributed by atoms with E-state index in [1.165, 1.54) is 0 Å². The minimum atomic E-state index is -0.839. The number of hydrogen-bond donors (Lipinski definition) is 0. The van der Waals surface area contributed by atoms with E-state index in [9.17, 15) is 9.59 Å². The van der Waals surface area contributed by atoms with Crippen LogP contribution in [-0.2, 0) is 9.53 Å². The van der Waals surface area contributed by atoms with Crippen molar-refractivity contribution in [1.82, 2.24) is 0 Å². The van der Waals surface area contributed by atoms with E-state index in [-0.39, 0.29) is 6.61 Å². The molecule has 0 unspecified atom stereocenters. The molecule has 0 fully saturated rings. The average molecular weight is 266 g/mol. The Kier molecular flexibility index (Phi) is 4.84. The third-order valence-electron chi connectivity index (χ3n) is 2.64. The van der Waals surface area contributed by atoms with E-state index in [0.717, 1.165) is 5.56 Å². The normalized spacial score (nSPS) is 10.4. The van der Waals surface area contributed by atoms with Crippen molar-refractivity contribution in [1.29, 1.82) is 0 Å². The Labute approximate surface area is 117 Å². The van der Waals surface area contributed by atoms with Gasteiger partial charge >= 0.3 is 5.97 Å². The Morgan fingerprint density at radius 2 is 1.50 bits per heavy atom. The molecule has 0 N–H and O–H groups in total. The maximum atomic E-state index is 11.7. The van der Waals surface area contributed by atoms with E-state index in [0.29, 0.717) is 5.56 Å². The van der Waals surface area contributed by atoms with E-state index in [2.05, 4.69) is 0 Å². The van der Waals surface area contributed by atoms with Gasteiger partial charge in [-0.3, -0.25) is 4.79 Å². The van der Waals surface area contributed by atoms with Crippen LogP contribution in [0.1, 0.15) is 15.9 Å². The van der Waals surface area contributed by atoms with E-state index in [4.69, 9.17) is 4.74 Å². The van der Waals surface area contributed by atoms with Crippen molar-refractivity contribution in [2.24, 2.45) is 0 Å². The first-order chi connectivity index (χ1) is 9.77. The molecule has 0 saturated heterocycles. The lowest BCUT2D eigenvalue weighted by molar-refractivity contribution is -0.136. The summed E-state index contributed by atoms with van der Waals surface area (Å²) >= 11 is 0. The minimum absolute atomic E-state index is 0.0757. The van der Waals surface area contributed by atoms with Crippen LogP contribution < -0.4 is 0 Å². The Balaban J connectivity index is 1.84. The summed E-state index contributed by atoms with van der Waals surface area (Å²) in [7, 11) is 0. The summed E-state index contributed by atoms with van der Waals surface area (Å²) in [6.07, 6.45) is 3.53. The van der Waals surface area contributed by atoms with E-state index in [1.54, 1.807) is 36.4 Å². The lowest BCUT2D eigenvalue weighted by Gasteiger charge is -2.01. The van der Waals surface area contributed by atoms with Crippen molar-refractivity contribution in [3.05, 3.63) is 77.9 Å². The van der Waals surface area contributed by atoms with Gasteiger partial charge in [-0.25, -0.2) is 4.79 Å². The van der Waals surface area contributed by atoms with Gasteiger partial charge in [0.1, 0.15) is 6.61 Å². The highest BCUT2D eigenvalue weighted by atomic mass is 16.5. The molecule has 0 aliphatic rings. The Hall–Kier alpha value is -2.68. The van der Waals surface area contributed by atoms with Gasteiger partial charge in [0.05, 0.1) is 0 Å². The summed E-state index contributed by atoms with van der Waals surface area (Å²) < 4.78 is 4.90. The molecule has 0 amide bonds. The molecule has 0 aliphatic heterocycles. The van der Waals surface area contributed by atoms with Crippen LogP contribution >= 0.6 is 0 Å². The van der Waals surface area contributed by atoms with Crippen LogP contribution in [0, 0.1) is 0 Å². The van der Waals surface area contributed by atoms with Crippen molar-refractivity contribution < 1.29 is 14.3 Å². The first-order valence-corrected chi connectivity index (χ1v) is 6.25. The second kappa shape index (κ2) is 7.04. The highest BCUT2D eigenvalue weighted by Gasteiger charge is 2.16. The van der Waals surface area contributed by atoms with Gasteiger partial charge in [-0.15, -0.1) is 0 Å². The summed E-state index contributed by atoms with van der Waals surface area (Å²) in [4.78, 5) is 23.3. The fourth-order valence-electron chi connectivity index (χ4n) is 1.65. The Morgan fingerprint density at radius 1 is 0.900 bits per heavy atom. The van der Waals surface area contributed by atoms with Crippen LogP contribution in [-0.4, -0.2) is 18.4 Å². The molecule has 3 heteroatoms. The molecule has 2 aromatic rings. The highest BCUT2D eigenvalue weighted by molar-refractivity contribution is 6.40. The van der Waals surface area contributed by atoms with Crippen LogP contribution in [0.3, 0.4) is 0 Å². The average Bonchev–Trinajstić information content (AvgIpc) is 2.52. The van der Waals surface area contributed by atoms with Crippen LogP contribution in [0.4, 0.5) is 0 Å². The van der Waals surface area contributed by atoms with Crippen molar-refractivity contribution in [3.63, 3.8) is 0 Å². The van der Waals surface area contributed by atoms with Gasteiger partial charge in [0, 0.05) is 5.56 Å². The second-order valence-electron chi connectivity index (χ2n) is 4.11. The van der Waals surface area contributed by atoms with Gasteiger partial charge in [0.25, 0.3) is 5.78 Å². The van der Waals surface area contributed by atoms with E-state index in [1.807, 2.05) is 36.4 Å². The van der Waals surface area contributed by atoms with Gasteiger partial charge in [-0.2, -0.15) is 0 Å². The summed E-state index contributed by atoms with van der Waals surface area (Å²) in [6.45, 7) is 0.0757. The second-order valence-corrected chi connectivity index (χ2v) is 4.11. The van der Waals surface area contributed by atoms with Crippen LogP contribution in [0.5, 0.6) is 0 Å². The monoisotopic (exact) mass is 266 g/mol. The number of hydrogen-bond acceptors (Lipinski definition) is 3. The molecule has 0 heterocycles. The maximum absolute atomic E-state index is 11.7. The highest BCUT2D eigenvalue weighted by Crippen LogP contribution is 2.03. The predicted molar refractivity (Wildman–Crippen MR) is 77.2 cm³/mol. The van der Waals surface area contributed by atoms with Crippen LogP contribution in [0.25, 0.3) is 6.08 Å². The molecule has 2 rings (SSSR count). The molecule has 3 nitrogen and oxygen atoms in total. The number of Topliss-reactive ketones (excluding diaryl/α,β-unsaturated/α-hetero) is 1. The third kappa shape index (κ3) is 3.92. The number of rotatable bonds is 5. The van der Waals surface area contributed by atoms with Crippen molar-refractivity contribution in [3.8, 4) is 0 Å².